The fourth-order valence-corrected chi connectivity index (χ4v) is 3.64. The predicted octanol–water partition coefficient (Wildman–Crippen LogP) is 3.72. The molecule has 0 spiro atoms. The topological polar surface area (TPSA) is 67.4 Å². The average molecular weight is 390 g/mol. The van der Waals surface area contributed by atoms with Crippen LogP contribution in [0.25, 0.3) is 10.1 Å². The number of nitrogens with one attached hydrogen (secondary N) is 2. The first-order valence-corrected chi connectivity index (χ1v) is 8.88. The molecule has 0 radical (unpaired) electrons. The van der Waals surface area contributed by atoms with Gasteiger partial charge in [-0.15, -0.1) is 11.3 Å². The number of halogens is 2. The Bertz CT molecular complexity index is 1000. The smallest absolute Gasteiger partial charge is 0.280 e. The van der Waals surface area contributed by atoms with Crippen molar-refractivity contribution in [2.24, 2.45) is 0 Å². The molecule has 1 aromatic heterocycles. The highest BCUT2D eigenvalue weighted by Gasteiger charge is 2.20. The van der Waals surface area contributed by atoms with Crippen LogP contribution >= 0.6 is 11.3 Å². The van der Waals surface area contributed by atoms with Crippen molar-refractivity contribution in [3.8, 4) is 5.75 Å². The molecule has 0 aliphatic heterocycles. The minimum absolute atomic E-state index is 0.308. The fourth-order valence-electron chi connectivity index (χ4n) is 2.52. The van der Waals surface area contributed by atoms with Gasteiger partial charge in [-0.3, -0.25) is 20.4 Å². The van der Waals surface area contributed by atoms with Crippen LogP contribution in [0.15, 0.2) is 42.5 Å². The van der Waals surface area contributed by atoms with Crippen LogP contribution in [0.5, 0.6) is 5.75 Å². The Labute approximate surface area is 157 Å². The standard InChI is InChI=1S/C19H16F2N2O3S/c1-10-16-14(21)4-3-5-15(16)27-17(10)19(25)23-22-18(24)11(2)26-13-8-6-12(20)7-9-13/h3-9,11H,1-2H3,(H,22,24)(H,23,25). The summed E-state index contributed by atoms with van der Waals surface area (Å²) in [5, 5.41) is 0.395. The summed E-state index contributed by atoms with van der Waals surface area (Å²) in [4.78, 5) is 24.7. The van der Waals surface area contributed by atoms with E-state index in [0.717, 1.165) is 11.3 Å². The maximum Gasteiger partial charge on any atom is 0.280 e. The second-order valence-corrected chi connectivity index (χ2v) is 6.88. The van der Waals surface area contributed by atoms with Crippen molar-refractivity contribution in [3.05, 3.63) is 64.5 Å². The van der Waals surface area contributed by atoms with E-state index in [1.165, 1.54) is 37.3 Å². The van der Waals surface area contributed by atoms with Gasteiger partial charge in [0, 0.05) is 10.1 Å². The molecule has 3 rings (SSSR count). The third kappa shape index (κ3) is 4.06. The van der Waals surface area contributed by atoms with Crippen LogP contribution in [-0.2, 0) is 4.79 Å². The van der Waals surface area contributed by atoms with Crippen LogP contribution in [-0.4, -0.2) is 17.9 Å². The maximum atomic E-state index is 13.9. The average Bonchev–Trinajstić information content (AvgIpc) is 2.99. The maximum absolute atomic E-state index is 13.9. The largest absolute Gasteiger partial charge is 0.481 e. The van der Waals surface area contributed by atoms with E-state index >= 15 is 0 Å². The van der Waals surface area contributed by atoms with Crippen molar-refractivity contribution in [1.82, 2.24) is 10.9 Å². The number of rotatable bonds is 4. The molecule has 1 atom stereocenters. The number of thiophene rings is 1. The summed E-state index contributed by atoms with van der Waals surface area (Å²) < 4.78 is 32.9. The van der Waals surface area contributed by atoms with Crippen molar-refractivity contribution < 1.29 is 23.1 Å². The number of benzene rings is 2. The third-order valence-corrected chi connectivity index (χ3v) is 5.16. The number of carbonyl (C=O) groups excluding carboxylic acids is 2. The summed E-state index contributed by atoms with van der Waals surface area (Å²) in [7, 11) is 0. The van der Waals surface area contributed by atoms with E-state index in [1.54, 1.807) is 19.1 Å². The van der Waals surface area contributed by atoms with E-state index in [-0.39, 0.29) is 0 Å². The number of hydrogen-bond acceptors (Lipinski definition) is 4. The first-order valence-electron chi connectivity index (χ1n) is 8.07. The van der Waals surface area contributed by atoms with Crippen LogP contribution in [0, 0.1) is 18.6 Å². The van der Waals surface area contributed by atoms with E-state index in [0.29, 0.717) is 26.3 Å². The lowest BCUT2D eigenvalue weighted by Gasteiger charge is -2.15. The molecule has 0 aliphatic carbocycles. The molecule has 3 aromatic rings. The zero-order chi connectivity index (χ0) is 19.6. The molecule has 140 valence electrons. The van der Waals surface area contributed by atoms with Gasteiger partial charge in [0.1, 0.15) is 17.4 Å². The molecule has 2 aromatic carbocycles. The Hall–Kier alpha value is -3.00. The molecule has 8 heteroatoms. The number of hydrazine groups is 1. The Morgan fingerprint density at radius 1 is 1.07 bits per heavy atom. The molecular formula is C19H16F2N2O3S. The molecule has 0 saturated carbocycles. The Kier molecular flexibility index (Phi) is 5.36. The van der Waals surface area contributed by atoms with Crippen molar-refractivity contribution in [3.63, 3.8) is 0 Å². The van der Waals surface area contributed by atoms with Crippen molar-refractivity contribution in [2.75, 3.05) is 0 Å². The molecule has 1 unspecified atom stereocenters. The van der Waals surface area contributed by atoms with Gasteiger partial charge in [0.2, 0.25) is 0 Å². The first kappa shape index (κ1) is 18.8. The second-order valence-electron chi connectivity index (χ2n) is 5.83. The zero-order valence-electron chi connectivity index (χ0n) is 14.5. The normalized spacial score (nSPS) is 11.9. The lowest BCUT2D eigenvalue weighted by Crippen LogP contribution is -2.47. The van der Waals surface area contributed by atoms with Gasteiger partial charge in [0.05, 0.1) is 4.88 Å². The highest BCUT2D eigenvalue weighted by Crippen LogP contribution is 2.32. The monoisotopic (exact) mass is 390 g/mol. The number of carbonyl (C=O) groups is 2. The van der Waals surface area contributed by atoms with E-state index < -0.39 is 29.6 Å². The molecular weight excluding hydrogens is 374 g/mol. The molecule has 0 aliphatic rings. The highest BCUT2D eigenvalue weighted by molar-refractivity contribution is 7.21. The number of hydrogen-bond donors (Lipinski definition) is 2. The Balaban J connectivity index is 1.63. The van der Waals surface area contributed by atoms with Crippen LogP contribution < -0.4 is 15.6 Å². The third-order valence-electron chi connectivity index (χ3n) is 3.90. The number of aryl methyl sites for hydroxylation is 1. The van der Waals surface area contributed by atoms with Crippen molar-refractivity contribution in [2.45, 2.75) is 20.0 Å². The van der Waals surface area contributed by atoms with Crippen LogP contribution in [0.2, 0.25) is 0 Å². The van der Waals surface area contributed by atoms with Gasteiger partial charge >= 0.3 is 0 Å². The van der Waals surface area contributed by atoms with Gasteiger partial charge in [0.15, 0.2) is 6.10 Å². The van der Waals surface area contributed by atoms with Gasteiger partial charge < -0.3 is 4.74 Å². The van der Waals surface area contributed by atoms with Crippen LogP contribution in [0.3, 0.4) is 0 Å². The van der Waals surface area contributed by atoms with E-state index in [1.807, 2.05) is 0 Å². The van der Waals surface area contributed by atoms with Crippen molar-refractivity contribution in [1.29, 1.82) is 0 Å². The molecule has 0 saturated heterocycles. The quantitative estimate of drug-likeness (QED) is 0.668. The van der Waals surface area contributed by atoms with Gasteiger partial charge in [-0.05, 0) is 55.8 Å². The molecule has 27 heavy (non-hydrogen) atoms. The summed E-state index contributed by atoms with van der Waals surface area (Å²) in [6.07, 6.45) is -0.920. The van der Waals surface area contributed by atoms with E-state index in [9.17, 15) is 18.4 Å². The van der Waals surface area contributed by atoms with Gasteiger partial charge in [-0.2, -0.15) is 0 Å². The predicted molar refractivity (Wildman–Crippen MR) is 98.6 cm³/mol. The van der Waals surface area contributed by atoms with Crippen molar-refractivity contribution >= 4 is 33.2 Å². The highest BCUT2D eigenvalue weighted by atomic mass is 32.1. The molecule has 2 amide bonds. The second kappa shape index (κ2) is 7.71. The minimum atomic E-state index is -0.920. The summed E-state index contributed by atoms with van der Waals surface area (Å²) in [6.45, 7) is 3.14. The number of ether oxygens (including phenoxy) is 1. The van der Waals surface area contributed by atoms with Gasteiger partial charge in [-0.25, -0.2) is 8.78 Å². The SMILES string of the molecule is Cc1c(C(=O)NNC(=O)C(C)Oc2ccc(F)cc2)sc2cccc(F)c12. The molecule has 5 nitrogen and oxygen atoms in total. The molecule has 0 fully saturated rings. The van der Waals surface area contributed by atoms with Crippen LogP contribution in [0.1, 0.15) is 22.2 Å². The summed E-state index contributed by atoms with van der Waals surface area (Å²) in [5.74, 6) is -1.62. The summed E-state index contributed by atoms with van der Waals surface area (Å²) in [5.41, 5.74) is 5.09. The fraction of sp³-hybridized carbons (Fsp3) is 0.158. The molecule has 2 N–H and O–H groups in total. The summed E-state index contributed by atoms with van der Waals surface area (Å²) in [6, 6.07) is 9.85. The van der Waals surface area contributed by atoms with Crippen LogP contribution in [0.4, 0.5) is 8.78 Å². The Morgan fingerprint density at radius 2 is 1.78 bits per heavy atom. The van der Waals surface area contributed by atoms with E-state index in [4.69, 9.17) is 4.74 Å². The zero-order valence-corrected chi connectivity index (χ0v) is 15.3. The van der Waals surface area contributed by atoms with Gasteiger partial charge in [0.25, 0.3) is 11.8 Å². The molecule has 0 bridgehead atoms. The summed E-state index contributed by atoms with van der Waals surface area (Å²) >= 11 is 1.14. The minimum Gasteiger partial charge on any atom is -0.481 e. The Morgan fingerprint density at radius 3 is 2.44 bits per heavy atom. The lowest BCUT2D eigenvalue weighted by molar-refractivity contribution is -0.128. The van der Waals surface area contributed by atoms with Gasteiger partial charge in [-0.1, -0.05) is 6.07 Å². The number of fused-ring (bicyclic) bond motifs is 1. The lowest BCUT2D eigenvalue weighted by atomic mass is 10.1. The number of amides is 2. The molecule has 1 heterocycles. The van der Waals surface area contributed by atoms with E-state index in [2.05, 4.69) is 10.9 Å². The first-order chi connectivity index (χ1) is 12.9.